The lowest BCUT2D eigenvalue weighted by atomic mass is 9.94. The molecule has 0 unspecified atom stereocenters. The minimum Gasteiger partial charge on any atom is -0.465 e. The second-order valence-corrected chi connectivity index (χ2v) is 18.9. The molecule has 67 heavy (non-hydrogen) atoms. The van der Waals surface area contributed by atoms with Gasteiger partial charge in [-0.25, -0.2) is 9.59 Å². The summed E-state index contributed by atoms with van der Waals surface area (Å²) in [5, 5.41) is 3.47. The molecule has 2 fully saturated rings. The highest BCUT2D eigenvalue weighted by Gasteiger charge is 2.29. The van der Waals surface area contributed by atoms with Gasteiger partial charge in [-0.3, -0.25) is 9.59 Å². The van der Waals surface area contributed by atoms with Crippen LogP contribution in [-0.4, -0.2) is 43.6 Å². The van der Waals surface area contributed by atoms with E-state index in [1.165, 1.54) is 51.0 Å². The number of anilines is 2. The molecule has 3 aliphatic rings. The Bertz CT molecular complexity index is 2750. The second-order valence-electron chi connectivity index (χ2n) is 18.9. The van der Waals surface area contributed by atoms with Crippen molar-refractivity contribution in [3.8, 4) is 0 Å². The van der Waals surface area contributed by atoms with Gasteiger partial charge in [-0.1, -0.05) is 109 Å². The van der Waals surface area contributed by atoms with Crippen LogP contribution in [0.5, 0.6) is 0 Å². The summed E-state index contributed by atoms with van der Waals surface area (Å²) in [4.78, 5) is 52.2. The molecule has 344 valence electrons. The lowest BCUT2D eigenvalue weighted by Crippen LogP contribution is -2.25. The third kappa shape index (κ3) is 12.3. The zero-order valence-electron chi connectivity index (χ0n) is 39.2. The number of rotatable bonds is 15. The Morgan fingerprint density at radius 1 is 0.612 bits per heavy atom. The summed E-state index contributed by atoms with van der Waals surface area (Å²) in [5.41, 5.74) is 13.2. The average molecular weight is 897 g/mol. The van der Waals surface area contributed by atoms with Crippen molar-refractivity contribution in [1.82, 2.24) is 0 Å². The van der Waals surface area contributed by atoms with Crippen LogP contribution in [0.1, 0.15) is 135 Å². The number of carbonyl (C=O) groups is 4. The molecule has 6 aromatic carbocycles. The lowest BCUT2D eigenvalue weighted by Gasteiger charge is -2.20. The van der Waals surface area contributed by atoms with E-state index in [1.54, 1.807) is 0 Å². The van der Waals surface area contributed by atoms with Crippen LogP contribution in [0.25, 0.3) is 0 Å². The fourth-order valence-corrected chi connectivity index (χ4v) is 8.77. The number of nitrogens with one attached hydrogen (secondary N) is 1. The SMILES string of the molecule is COC(=O)c1cc(C2CC2)ccc1Cc1ccc(NCc2ccccc2)c(CC(=O)OC(C)(C)C)c1.COC(=O)c1cc(C2CC2)ccc1Cc1ccc2c(c1)CC(=O)N2Cc1ccccc1. The van der Waals surface area contributed by atoms with Crippen molar-refractivity contribution in [1.29, 1.82) is 0 Å². The van der Waals surface area contributed by atoms with Crippen molar-refractivity contribution in [2.45, 2.75) is 103 Å². The number of methoxy groups -OCH3 is 2. The zero-order chi connectivity index (χ0) is 47.1. The predicted molar refractivity (Wildman–Crippen MR) is 263 cm³/mol. The van der Waals surface area contributed by atoms with E-state index in [1.807, 2.05) is 117 Å². The number of esters is 3. The van der Waals surface area contributed by atoms with Crippen LogP contribution >= 0.6 is 0 Å². The number of nitrogens with zero attached hydrogens (tertiary/aromatic N) is 1. The molecule has 0 aromatic heterocycles. The molecule has 2 aliphatic carbocycles. The number of hydrogen-bond acceptors (Lipinski definition) is 8. The van der Waals surface area contributed by atoms with Crippen molar-refractivity contribution >= 4 is 35.2 Å². The van der Waals surface area contributed by atoms with E-state index in [9.17, 15) is 19.2 Å². The summed E-state index contributed by atoms with van der Waals surface area (Å²) in [7, 11) is 2.85. The highest BCUT2D eigenvalue weighted by atomic mass is 16.6. The molecule has 9 rings (SSSR count). The van der Waals surface area contributed by atoms with Crippen LogP contribution in [0.4, 0.5) is 11.4 Å². The summed E-state index contributed by atoms with van der Waals surface area (Å²) in [6.45, 7) is 6.85. The number of ether oxygens (including phenoxy) is 3. The quantitative estimate of drug-likeness (QED) is 0.0801. The van der Waals surface area contributed by atoms with E-state index < -0.39 is 5.60 Å². The molecule has 9 heteroatoms. The molecule has 0 spiro atoms. The van der Waals surface area contributed by atoms with Gasteiger partial charge in [-0.2, -0.15) is 0 Å². The molecule has 2 saturated carbocycles. The van der Waals surface area contributed by atoms with Crippen LogP contribution in [0, 0.1) is 0 Å². The molecule has 0 bridgehead atoms. The van der Waals surface area contributed by atoms with Crippen molar-refractivity contribution in [3.63, 3.8) is 0 Å². The number of benzene rings is 6. The van der Waals surface area contributed by atoms with Crippen LogP contribution in [0.2, 0.25) is 0 Å². The first-order chi connectivity index (χ1) is 32.3. The summed E-state index contributed by atoms with van der Waals surface area (Å²) >= 11 is 0. The van der Waals surface area contributed by atoms with Crippen molar-refractivity contribution < 1.29 is 33.4 Å². The largest absolute Gasteiger partial charge is 0.465 e. The fraction of sp³-hybridized carbons (Fsp3) is 0.310. The van der Waals surface area contributed by atoms with Gasteiger partial charge in [-0.15, -0.1) is 0 Å². The van der Waals surface area contributed by atoms with Gasteiger partial charge in [0.1, 0.15) is 5.60 Å². The van der Waals surface area contributed by atoms with E-state index in [0.29, 0.717) is 55.3 Å². The standard InChI is InChI=1S/C31H35NO4.C27H25NO3/c1-31(2,3)36-29(33)19-26-17-22(10-15-28(26)32-20-21-8-6-5-7-9-21)16-25-14-13-24(23-11-12-23)18-27(25)30(34)35-4;1-31-27(30)24-15-21(20-8-9-20)10-11-22(24)13-19-7-12-25-23(14-19)16-26(29)28(25)17-18-5-3-2-4-6-18/h5-10,13-15,17-18,23,32H,11-12,16,19-20H2,1-4H3;2-7,10-12,14-15,20H,8-9,13,16-17H2,1H3. The molecular formula is C58H60N2O7. The van der Waals surface area contributed by atoms with E-state index in [2.05, 4.69) is 47.8 Å². The highest BCUT2D eigenvalue weighted by Crippen LogP contribution is 2.42. The number of carbonyl (C=O) groups excluding carboxylic acids is 4. The van der Waals surface area contributed by atoms with Gasteiger partial charge in [0.05, 0.1) is 44.7 Å². The van der Waals surface area contributed by atoms with Crippen LogP contribution in [0.15, 0.2) is 133 Å². The molecule has 0 saturated heterocycles. The van der Waals surface area contributed by atoms with E-state index in [4.69, 9.17) is 14.2 Å². The van der Waals surface area contributed by atoms with Gasteiger partial charge in [0, 0.05) is 17.9 Å². The van der Waals surface area contributed by atoms with Gasteiger partial charge in [0.2, 0.25) is 5.91 Å². The van der Waals surface area contributed by atoms with Gasteiger partial charge >= 0.3 is 17.9 Å². The molecule has 1 heterocycles. The lowest BCUT2D eigenvalue weighted by molar-refractivity contribution is -0.153. The minimum absolute atomic E-state index is 0.125. The van der Waals surface area contributed by atoms with Crippen LogP contribution < -0.4 is 10.2 Å². The van der Waals surface area contributed by atoms with E-state index in [-0.39, 0.29) is 30.2 Å². The molecule has 0 radical (unpaired) electrons. The summed E-state index contributed by atoms with van der Waals surface area (Å²) in [6, 6.07) is 44.8. The predicted octanol–water partition coefficient (Wildman–Crippen LogP) is 11.5. The highest BCUT2D eigenvalue weighted by molar-refractivity contribution is 6.01. The maximum absolute atomic E-state index is 12.7. The second kappa shape index (κ2) is 20.7. The van der Waals surface area contributed by atoms with Crippen molar-refractivity contribution in [3.05, 3.63) is 200 Å². The fourth-order valence-electron chi connectivity index (χ4n) is 8.77. The molecule has 1 amide bonds. The normalized spacial score (nSPS) is 14.1. The van der Waals surface area contributed by atoms with Gasteiger partial charge in [0.25, 0.3) is 0 Å². The minimum atomic E-state index is -0.551. The number of hydrogen-bond donors (Lipinski definition) is 1. The van der Waals surface area contributed by atoms with E-state index >= 15 is 0 Å². The molecule has 1 aliphatic heterocycles. The zero-order valence-corrected chi connectivity index (χ0v) is 39.2. The monoisotopic (exact) mass is 896 g/mol. The first-order valence-corrected chi connectivity index (χ1v) is 23.3. The average Bonchev–Trinajstić information content (AvgIpc) is 4.27. The maximum Gasteiger partial charge on any atom is 0.338 e. The Balaban J connectivity index is 0.000000183. The molecule has 1 N–H and O–H groups in total. The summed E-state index contributed by atoms with van der Waals surface area (Å²) in [5.74, 6) is 0.383. The molecular weight excluding hydrogens is 837 g/mol. The van der Waals surface area contributed by atoms with E-state index in [0.717, 1.165) is 55.9 Å². The van der Waals surface area contributed by atoms with Crippen LogP contribution in [0.3, 0.4) is 0 Å². The van der Waals surface area contributed by atoms with Crippen molar-refractivity contribution in [2.75, 3.05) is 24.4 Å². The topological polar surface area (TPSA) is 111 Å². The Labute approximate surface area is 394 Å². The first kappa shape index (κ1) is 46.5. The molecule has 6 aromatic rings. The summed E-state index contributed by atoms with van der Waals surface area (Å²) < 4.78 is 15.7. The van der Waals surface area contributed by atoms with Crippen LogP contribution in [-0.2, 0) is 62.6 Å². The van der Waals surface area contributed by atoms with Gasteiger partial charge in [-0.05, 0) is 151 Å². The van der Waals surface area contributed by atoms with Crippen molar-refractivity contribution in [2.24, 2.45) is 0 Å². The van der Waals surface area contributed by atoms with Gasteiger partial charge in [0.15, 0.2) is 0 Å². The number of amides is 1. The Hall–Kier alpha value is -7.00. The Morgan fingerprint density at radius 3 is 1.69 bits per heavy atom. The number of fused-ring (bicyclic) bond motifs is 1. The summed E-state index contributed by atoms with van der Waals surface area (Å²) in [6.07, 6.45) is 6.51. The first-order valence-electron chi connectivity index (χ1n) is 23.3. The Morgan fingerprint density at radius 2 is 1.15 bits per heavy atom. The third-order valence-corrected chi connectivity index (χ3v) is 12.5. The molecule has 9 nitrogen and oxygen atoms in total. The molecule has 0 atom stereocenters. The smallest absolute Gasteiger partial charge is 0.338 e. The van der Waals surface area contributed by atoms with Gasteiger partial charge < -0.3 is 24.4 Å². The maximum atomic E-state index is 12.7. The third-order valence-electron chi connectivity index (χ3n) is 12.5. The Kier molecular flexibility index (Phi) is 14.4.